The molecule has 2 unspecified atom stereocenters. The number of aliphatic hydroxyl groups excluding tert-OH is 1. The third-order valence-electron chi connectivity index (χ3n) is 3.47. The van der Waals surface area contributed by atoms with Crippen LogP contribution in [0.25, 0.3) is 0 Å². The lowest BCUT2D eigenvalue weighted by Gasteiger charge is -2.27. The molecule has 4 nitrogen and oxygen atoms in total. The molecule has 2 rings (SSSR count). The van der Waals surface area contributed by atoms with E-state index in [1.807, 2.05) is 13.0 Å². The molecule has 1 aromatic heterocycles. The van der Waals surface area contributed by atoms with Crippen LogP contribution in [0, 0.1) is 5.92 Å². The van der Waals surface area contributed by atoms with E-state index in [0.29, 0.717) is 5.92 Å². The second kappa shape index (κ2) is 6.48. The minimum absolute atomic E-state index is 0.165. The molecule has 0 spiro atoms. The van der Waals surface area contributed by atoms with Crippen molar-refractivity contribution in [3.63, 3.8) is 0 Å². The minimum atomic E-state index is -0.165. The Morgan fingerprint density at radius 1 is 1.39 bits per heavy atom. The van der Waals surface area contributed by atoms with Gasteiger partial charge in [-0.2, -0.15) is 0 Å². The van der Waals surface area contributed by atoms with Gasteiger partial charge in [-0.1, -0.05) is 19.8 Å². The van der Waals surface area contributed by atoms with Crippen molar-refractivity contribution < 1.29 is 5.11 Å². The first-order chi connectivity index (χ1) is 8.69. The second-order valence-electron chi connectivity index (χ2n) is 4.84. The zero-order valence-electron chi connectivity index (χ0n) is 10.7. The number of aliphatic hydroxyl groups is 1. The van der Waals surface area contributed by atoms with Gasteiger partial charge in [0.05, 0.1) is 6.10 Å². The molecular formula is C13H20BrN3O. The van der Waals surface area contributed by atoms with Gasteiger partial charge in [0.25, 0.3) is 0 Å². The molecule has 2 atom stereocenters. The number of halogens is 1. The maximum atomic E-state index is 9.92. The summed E-state index contributed by atoms with van der Waals surface area (Å²) in [5, 5.41) is 13.2. The lowest BCUT2D eigenvalue weighted by atomic mass is 9.86. The second-order valence-corrected chi connectivity index (χ2v) is 5.65. The number of nitrogens with zero attached hydrogens (tertiary/aromatic N) is 2. The highest BCUT2D eigenvalue weighted by Crippen LogP contribution is 2.24. The lowest BCUT2D eigenvalue weighted by molar-refractivity contribution is 0.0763. The molecule has 2 N–H and O–H groups in total. The van der Waals surface area contributed by atoms with Crippen LogP contribution in [0.1, 0.15) is 38.4 Å². The van der Waals surface area contributed by atoms with Gasteiger partial charge in [-0.25, -0.2) is 9.97 Å². The molecule has 1 aromatic rings. The van der Waals surface area contributed by atoms with Crippen molar-refractivity contribution in [1.82, 2.24) is 9.97 Å². The number of hydrogen-bond acceptors (Lipinski definition) is 4. The van der Waals surface area contributed by atoms with Gasteiger partial charge in [0.1, 0.15) is 16.2 Å². The molecule has 1 aliphatic carbocycles. The summed E-state index contributed by atoms with van der Waals surface area (Å²) in [7, 11) is 0. The van der Waals surface area contributed by atoms with E-state index < -0.39 is 0 Å². The Balaban J connectivity index is 1.94. The summed E-state index contributed by atoms with van der Waals surface area (Å²) in [5.74, 6) is 2.01. The van der Waals surface area contributed by atoms with Crippen LogP contribution in [0.2, 0.25) is 0 Å². The molecule has 0 aliphatic heterocycles. The van der Waals surface area contributed by atoms with Gasteiger partial charge in [-0.3, -0.25) is 0 Å². The average molecular weight is 314 g/mol. The quantitative estimate of drug-likeness (QED) is 0.839. The maximum absolute atomic E-state index is 9.92. The van der Waals surface area contributed by atoms with E-state index in [4.69, 9.17) is 0 Å². The summed E-state index contributed by atoms with van der Waals surface area (Å²) in [6, 6.07) is 1.88. The van der Waals surface area contributed by atoms with E-state index in [2.05, 4.69) is 31.2 Å². The Kier molecular flexibility index (Phi) is 4.95. The van der Waals surface area contributed by atoms with Crippen molar-refractivity contribution >= 4 is 21.7 Å². The van der Waals surface area contributed by atoms with E-state index in [-0.39, 0.29) is 6.10 Å². The standard InChI is InChI=1S/C13H20BrN3O/c1-2-12-16-11(14)7-13(17-12)15-8-9-5-3-4-6-10(9)18/h7,9-10,18H,2-6,8H2,1H3,(H,15,16,17). The number of hydrogen-bond donors (Lipinski definition) is 2. The Labute approximate surface area is 116 Å². The van der Waals surface area contributed by atoms with Crippen LogP contribution in [0.15, 0.2) is 10.7 Å². The van der Waals surface area contributed by atoms with Crippen LogP contribution >= 0.6 is 15.9 Å². The lowest BCUT2D eigenvalue weighted by Crippen LogP contribution is -2.30. The van der Waals surface area contributed by atoms with Crippen LogP contribution in [0.4, 0.5) is 5.82 Å². The number of aryl methyl sites for hydroxylation is 1. The molecule has 0 amide bonds. The monoisotopic (exact) mass is 313 g/mol. The molecule has 18 heavy (non-hydrogen) atoms. The number of nitrogens with one attached hydrogen (secondary N) is 1. The summed E-state index contributed by atoms with van der Waals surface area (Å²) < 4.78 is 0.807. The maximum Gasteiger partial charge on any atom is 0.131 e. The highest BCUT2D eigenvalue weighted by Gasteiger charge is 2.22. The van der Waals surface area contributed by atoms with E-state index in [0.717, 1.165) is 48.5 Å². The first-order valence-electron chi connectivity index (χ1n) is 6.64. The summed E-state index contributed by atoms with van der Waals surface area (Å²) >= 11 is 3.39. The van der Waals surface area contributed by atoms with E-state index >= 15 is 0 Å². The molecule has 0 saturated heterocycles. The normalized spacial score (nSPS) is 23.9. The van der Waals surface area contributed by atoms with Gasteiger partial charge in [0, 0.05) is 24.9 Å². The molecular weight excluding hydrogens is 294 g/mol. The van der Waals surface area contributed by atoms with Crippen molar-refractivity contribution in [2.45, 2.75) is 45.1 Å². The Bertz CT molecular complexity index is 400. The van der Waals surface area contributed by atoms with Crippen LogP contribution in [0.5, 0.6) is 0 Å². The van der Waals surface area contributed by atoms with E-state index in [9.17, 15) is 5.11 Å². The first-order valence-corrected chi connectivity index (χ1v) is 7.43. The highest BCUT2D eigenvalue weighted by molar-refractivity contribution is 9.10. The van der Waals surface area contributed by atoms with Crippen LogP contribution in [-0.2, 0) is 6.42 Å². The molecule has 0 radical (unpaired) electrons. The Morgan fingerprint density at radius 3 is 2.89 bits per heavy atom. The molecule has 1 heterocycles. The zero-order chi connectivity index (χ0) is 13.0. The SMILES string of the molecule is CCc1nc(Br)cc(NCC2CCCCC2O)n1. The van der Waals surface area contributed by atoms with Gasteiger partial charge in [-0.15, -0.1) is 0 Å². The number of rotatable bonds is 4. The van der Waals surface area contributed by atoms with Gasteiger partial charge < -0.3 is 10.4 Å². The van der Waals surface area contributed by atoms with Crippen LogP contribution in [0.3, 0.4) is 0 Å². The predicted octanol–water partition coefficient (Wildman–Crippen LogP) is 2.76. The van der Waals surface area contributed by atoms with Crippen molar-refractivity contribution in [3.8, 4) is 0 Å². The summed E-state index contributed by atoms with van der Waals surface area (Å²) in [6.45, 7) is 2.82. The van der Waals surface area contributed by atoms with Crippen molar-refractivity contribution in [2.24, 2.45) is 5.92 Å². The van der Waals surface area contributed by atoms with Gasteiger partial charge >= 0.3 is 0 Å². The topological polar surface area (TPSA) is 58.0 Å². The van der Waals surface area contributed by atoms with Crippen molar-refractivity contribution in [1.29, 1.82) is 0 Å². The number of aromatic nitrogens is 2. The van der Waals surface area contributed by atoms with Gasteiger partial charge in [-0.05, 0) is 28.8 Å². The first kappa shape index (κ1) is 13.7. The Hall–Kier alpha value is -0.680. The fourth-order valence-corrected chi connectivity index (χ4v) is 2.80. The van der Waals surface area contributed by atoms with E-state index in [1.165, 1.54) is 6.42 Å². The van der Waals surface area contributed by atoms with Crippen molar-refractivity contribution in [3.05, 3.63) is 16.5 Å². The molecule has 100 valence electrons. The molecule has 0 aromatic carbocycles. The fourth-order valence-electron chi connectivity index (χ4n) is 2.38. The Morgan fingerprint density at radius 2 is 2.17 bits per heavy atom. The summed E-state index contributed by atoms with van der Waals surface area (Å²) in [6.07, 6.45) is 5.05. The predicted molar refractivity (Wildman–Crippen MR) is 75.6 cm³/mol. The summed E-state index contributed by atoms with van der Waals surface area (Å²) in [5.41, 5.74) is 0. The third-order valence-corrected chi connectivity index (χ3v) is 3.88. The average Bonchev–Trinajstić information content (AvgIpc) is 2.37. The summed E-state index contributed by atoms with van der Waals surface area (Å²) in [4.78, 5) is 8.71. The van der Waals surface area contributed by atoms with Crippen molar-refractivity contribution in [2.75, 3.05) is 11.9 Å². The van der Waals surface area contributed by atoms with Gasteiger partial charge in [0.2, 0.25) is 0 Å². The van der Waals surface area contributed by atoms with E-state index in [1.54, 1.807) is 0 Å². The zero-order valence-corrected chi connectivity index (χ0v) is 12.3. The third kappa shape index (κ3) is 3.65. The largest absolute Gasteiger partial charge is 0.393 e. The van der Waals surface area contributed by atoms with Crippen LogP contribution < -0.4 is 5.32 Å². The molecule has 5 heteroatoms. The van der Waals surface area contributed by atoms with Gasteiger partial charge in [0.15, 0.2) is 0 Å². The molecule has 1 fully saturated rings. The fraction of sp³-hybridized carbons (Fsp3) is 0.692. The highest BCUT2D eigenvalue weighted by atomic mass is 79.9. The smallest absolute Gasteiger partial charge is 0.131 e. The number of anilines is 1. The minimum Gasteiger partial charge on any atom is -0.393 e. The molecule has 0 bridgehead atoms. The molecule has 1 aliphatic rings. The molecule has 1 saturated carbocycles. The van der Waals surface area contributed by atoms with Crippen LogP contribution in [-0.4, -0.2) is 27.7 Å².